The Balaban J connectivity index is 2.71. The van der Waals surface area contributed by atoms with E-state index in [-0.39, 0.29) is 0 Å². The molecule has 0 nitrogen and oxygen atoms in total. The molecule has 0 fully saturated rings. The summed E-state index contributed by atoms with van der Waals surface area (Å²) >= 11 is 0. The van der Waals surface area contributed by atoms with Crippen LogP contribution in [0.2, 0.25) is 6.82 Å². The molecule has 0 aromatic heterocycles. The van der Waals surface area contributed by atoms with Crippen LogP contribution in [0.5, 0.6) is 0 Å². The van der Waals surface area contributed by atoms with Gasteiger partial charge in [0.2, 0.25) is 0 Å². The minimum absolute atomic E-state index is 1.11. The van der Waals surface area contributed by atoms with Crippen LogP contribution < -0.4 is 0 Å². The van der Waals surface area contributed by atoms with Gasteiger partial charge < -0.3 is 0 Å². The first-order chi connectivity index (χ1) is 5.86. The number of rotatable bonds is 3. The van der Waals surface area contributed by atoms with Gasteiger partial charge in [0, 0.05) is 0 Å². The van der Waals surface area contributed by atoms with E-state index >= 15 is 0 Å². The molecule has 0 aliphatic rings. The number of hydrogen-bond acceptors (Lipinski definition) is 0. The van der Waals surface area contributed by atoms with Crippen LogP contribution in [-0.2, 0) is 6.42 Å². The quantitative estimate of drug-likeness (QED) is 0.591. The molecule has 1 aromatic rings. The van der Waals surface area contributed by atoms with E-state index in [9.17, 15) is 0 Å². The lowest BCUT2D eigenvalue weighted by molar-refractivity contribution is 1.14. The van der Waals surface area contributed by atoms with Crippen molar-refractivity contribution in [1.82, 2.24) is 0 Å². The van der Waals surface area contributed by atoms with Crippen molar-refractivity contribution in [3.05, 3.63) is 41.4 Å². The molecule has 0 unspecified atom stereocenters. The van der Waals surface area contributed by atoms with E-state index in [1.54, 1.807) is 0 Å². The molecular formula is C11H14B. The van der Waals surface area contributed by atoms with Crippen LogP contribution in [0.3, 0.4) is 0 Å². The van der Waals surface area contributed by atoms with Crippen LogP contribution in [0.15, 0.2) is 30.2 Å². The van der Waals surface area contributed by atoms with Gasteiger partial charge in [0.1, 0.15) is 7.28 Å². The van der Waals surface area contributed by atoms with Crippen molar-refractivity contribution in [3.63, 3.8) is 0 Å². The van der Waals surface area contributed by atoms with Gasteiger partial charge in [-0.1, -0.05) is 44.1 Å². The van der Waals surface area contributed by atoms with Gasteiger partial charge in [-0.3, -0.25) is 0 Å². The Morgan fingerprint density at radius 3 is 2.42 bits per heavy atom. The monoisotopic (exact) mass is 157 g/mol. The van der Waals surface area contributed by atoms with Crippen molar-refractivity contribution in [1.29, 1.82) is 0 Å². The second kappa shape index (κ2) is 4.81. The van der Waals surface area contributed by atoms with Crippen molar-refractivity contribution in [3.8, 4) is 0 Å². The van der Waals surface area contributed by atoms with Gasteiger partial charge in [-0.05, 0) is 17.5 Å². The average Bonchev–Trinajstić information content (AvgIpc) is 2.15. The molecule has 1 rings (SSSR count). The summed E-state index contributed by atoms with van der Waals surface area (Å²) in [5.74, 6) is 2.06. The zero-order chi connectivity index (χ0) is 8.81. The summed E-state index contributed by atoms with van der Waals surface area (Å²) in [5, 5.41) is 0. The first kappa shape index (κ1) is 9.12. The Morgan fingerprint density at radius 1 is 1.25 bits per heavy atom. The maximum absolute atomic E-state index is 2.18. The molecule has 0 spiro atoms. The predicted molar refractivity (Wildman–Crippen MR) is 56.5 cm³/mol. The van der Waals surface area contributed by atoms with Crippen LogP contribution in [0.4, 0.5) is 0 Å². The average molecular weight is 157 g/mol. The summed E-state index contributed by atoms with van der Waals surface area (Å²) in [7, 11) is 2.04. The van der Waals surface area contributed by atoms with Crippen LogP contribution in [-0.4, -0.2) is 7.28 Å². The summed E-state index contributed by atoms with van der Waals surface area (Å²) < 4.78 is 0. The highest BCUT2D eigenvalue weighted by atomic mass is 13.9. The minimum Gasteiger partial charge on any atom is -0.122 e. The fourth-order valence-electron chi connectivity index (χ4n) is 1.07. The van der Waals surface area contributed by atoms with Gasteiger partial charge >= 0.3 is 0 Å². The van der Waals surface area contributed by atoms with Crippen molar-refractivity contribution in [2.24, 2.45) is 0 Å². The maximum Gasteiger partial charge on any atom is 0.137 e. The Bertz CT molecular complexity index is 246. The van der Waals surface area contributed by atoms with Crippen molar-refractivity contribution < 1.29 is 0 Å². The lowest BCUT2D eigenvalue weighted by Crippen LogP contribution is -1.79. The molecule has 0 aliphatic heterocycles. The molecule has 1 aromatic carbocycles. The van der Waals surface area contributed by atoms with Crippen LogP contribution in [0.1, 0.15) is 18.1 Å². The van der Waals surface area contributed by atoms with E-state index in [1.165, 1.54) is 11.1 Å². The van der Waals surface area contributed by atoms with E-state index in [2.05, 4.69) is 43.2 Å². The topological polar surface area (TPSA) is 0 Å². The van der Waals surface area contributed by atoms with E-state index < -0.39 is 0 Å². The van der Waals surface area contributed by atoms with Gasteiger partial charge in [0.25, 0.3) is 0 Å². The molecule has 0 saturated heterocycles. The fraction of sp³-hybridized carbons (Fsp3) is 0.273. The molecule has 12 heavy (non-hydrogen) atoms. The normalized spacial score (nSPS) is 10.5. The number of hydrogen-bond donors (Lipinski definition) is 0. The number of benzene rings is 1. The van der Waals surface area contributed by atoms with E-state index in [0.29, 0.717) is 0 Å². The third-order valence-corrected chi connectivity index (χ3v) is 1.87. The second-order valence-corrected chi connectivity index (χ2v) is 2.79. The summed E-state index contributed by atoms with van der Waals surface area (Å²) in [6.45, 7) is 4.20. The Kier molecular flexibility index (Phi) is 3.66. The maximum atomic E-state index is 2.18. The van der Waals surface area contributed by atoms with E-state index in [4.69, 9.17) is 0 Å². The van der Waals surface area contributed by atoms with Gasteiger partial charge in [-0.15, -0.1) is 5.98 Å². The van der Waals surface area contributed by atoms with Crippen molar-refractivity contribution in [2.75, 3.05) is 0 Å². The summed E-state index contributed by atoms with van der Waals surface area (Å²) in [5.41, 5.74) is 2.66. The van der Waals surface area contributed by atoms with Gasteiger partial charge in [0.15, 0.2) is 0 Å². The molecule has 0 amide bonds. The Labute approximate surface area is 75.6 Å². The van der Waals surface area contributed by atoms with Crippen molar-refractivity contribution >= 4 is 13.4 Å². The van der Waals surface area contributed by atoms with Gasteiger partial charge in [-0.2, -0.15) is 0 Å². The highest BCUT2D eigenvalue weighted by Gasteiger charge is 1.87. The smallest absolute Gasteiger partial charge is 0.122 e. The molecule has 0 bridgehead atoms. The van der Waals surface area contributed by atoms with Crippen LogP contribution >= 0.6 is 0 Å². The SMILES string of the molecule is C[B]/C=C/c1ccc(CC)cc1. The Hall–Kier alpha value is -0.975. The van der Waals surface area contributed by atoms with Crippen LogP contribution in [0, 0.1) is 0 Å². The highest BCUT2D eigenvalue weighted by Crippen LogP contribution is 2.06. The third kappa shape index (κ3) is 2.57. The molecular weight excluding hydrogens is 143 g/mol. The molecule has 1 heteroatoms. The van der Waals surface area contributed by atoms with E-state index in [0.717, 1.165) is 6.42 Å². The standard InChI is InChI=1S/C11H14B/c1-3-10-4-6-11(7-5-10)8-9-12-2/h4-9H,3H2,1-2H3/b9-8+. The third-order valence-electron chi connectivity index (χ3n) is 1.87. The molecule has 0 N–H and O–H groups in total. The molecule has 61 valence electrons. The first-order valence-electron chi connectivity index (χ1n) is 4.41. The van der Waals surface area contributed by atoms with Gasteiger partial charge in [0.05, 0.1) is 0 Å². The first-order valence-corrected chi connectivity index (χ1v) is 4.41. The lowest BCUT2D eigenvalue weighted by atomic mass is 9.82. The van der Waals surface area contributed by atoms with Gasteiger partial charge in [-0.25, -0.2) is 0 Å². The van der Waals surface area contributed by atoms with E-state index in [1.807, 2.05) is 14.1 Å². The summed E-state index contributed by atoms with van der Waals surface area (Å²) in [6, 6.07) is 8.66. The molecule has 0 atom stereocenters. The fourth-order valence-corrected chi connectivity index (χ4v) is 1.07. The molecule has 0 saturated carbocycles. The molecule has 0 heterocycles. The molecule has 0 aliphatic carbocycles. The number of aryl methyl sites for hydroxylation is 1. The largest absolute Gasteiger partial charge is 0.137 e. The summed E-state index contributed by atoms with van der Waals surface area (Å²) in [6.07, 6.45) is 3.23. The molecule has 1 radical (unpaired) electrons. The zero-order valence-electron chi connectivity index (χ0n) is 7.75. The second-order valence-electron chi connectivity index (χ2n) is 2.79. The highest BCUT2D eigenvalue weighted by molar-refractivity contribution is 6.41. The predicted octanol–water partition coefficient (Wildman–Crippen LogP) is 2.97. The zero-order valence-corrected chi connectivity index (χ0v) is 7.75. The summed E-state index contributed by atoms with van der Waals surface area (Å²) in [4.78, 5) is 0. The van der Waals surface area contributed by atoms with Crippen molar-refractivity contribution in [2.45, 2.75) is 20.2 Å². The lowest BCUT2D eigenvalue weighted by Gasteiger charge is -1.96. The van der Waals surface area contributed by atoms with Crippen LogP contribution in [0.25, 0.3) is 6.08 Å². The Morgan fingerprint density at radius 2 is 1.92 bits per heavy atom. The minimum atomic E-state index is 1.11.